The molecule has 0 aliphatic carbocycles. The van der Waals surface area contributed by atoms with Crippen molar-refractivity contribution in [3.05, 3.63) is 24.3 Å². The van der Waals surface area contributed by atoms with Gasteiger partial charge in [-0.3, -0.25) is 0 Å². The molecule has 6 nitrogen and oxygen atoms in total. The van der Waals surface area contributed by atoms with Gasteiger partial charge in [-0.15, -0.1) is 0 Å². The van der Waals surface area contributed by atoms with Crippen molar-refractivity contribution >= 4 is 17.0 Å². The van der Waals surface area contributed by atoms with Crippen molar-refractivity contribution in [2.45, 2.75) is 0 Å². The normalized spacial score (nSPS) is 12.1. The molecule has 0 aliphatic heterocycles. The maximum absolute atomic E-state index is 11.0. The molecule has 70 valence electrons. The zero-order chi connectivity index (χ0) is 9.68. The Hall–Kier alpha value is -1.34. The molecule has 1 N–H and O–H groups in total. The number of rotatable bonds is 3. The van der Waals surface area contributed by atoms with Crippen LogP contribution >= 0.6 is 0 Å². The van der Waals surface area contributed by atoms with E-state index in [1.807, 2.05) is 0 Å². The highest BCUT2D eigenvalue weighted by atomic mass is 32.2. The number of aromatic nitrogens is 2. The number of esters is 1. The highest BCUT2D eigenvalue weighted by Crippen LogP contribution is 1.96. The Balaban J connectivity index is 2.54. The first-order chi connectivity index (χ1) is 6.20. The Bertz CT molecular complexity index is 316. The van der Waals surface area contributed by atoms with Crippen molar-refractivity contribution < 1.29 is 18.3 Å². The van der Waals surface area contributed by atoms with E-state index in [0.717, 1.165) is 0 Å². The second-order valence-electron chi connectivity index (χ2n) is 2.00. The lowest BCUT2D eigenvalue weighted by molar-refractivity contribution is 0.0569. The molecular formula is C6H6N2O4S. The van der Waals surface area contributed by atoms with Crippen LogP contribution in [-0.4, -0.2) is 30.6 Å². The van der Waals surface area contributed by atoms with Gasteiger partial charge in [-0.05, 0) is 0 Å². The smallest absolute Gasteiger partial charge is 0.342 e. The maximum atomic E-state index is 11.0. The second kappa shape index (κ2) is 4.63. The SMILES string of the molecule is O=C(OCS(=O)O)c1cncnc1. The second-order valence-corrected chi connectivity index (χ2v) is 2.88. The summed E-state index contributed by atoms with van der Waals surface area (Å²) in [5, 5.41) is 0. The van der Waals surface area contributed by atoms with E-state index in [0.29, 0.717) is 0 Å². The van der Waals surface area contributed by atoms with Crippen LogP contribution < -0.4 is 0 Å². The first kappa shape index (κ1) is 9.75. The van der Waals surface area contributed by atoms with Crippen LogP contribution in [0, 0.1) is 0 Å². The topological polar surface area (TPSA) is 89.4 Å². The third kappa shape index (κ3) is 3.26. The molecule has 1 heterocycles. The lowest BCUT2D eigenvalue weighted by Crippen LogP contribution is -2.09. The van der Waals surface area contributed by atoms with Crippen LogP contribution in [-0.2, 0) is 15.8 Å². The molecule has 0 radical (unpaired) electrons. The van der Waals surface area contributed by atoms with Gasteiger partial charge in [0.05, 0.1) is 5.56 Å². The summed E-state index contributed by atoms with van der Waals surface area (Å²) in [6.45, 7) is 0. The van der Waals surface area contributed by atoms with Gasteiger partial charge in [-0.1, -0.05) is 0 Å². The van der Waals surface area contributed by atoms with Crippen LogP contribution in [0.1, 0.15) is 10.4 Å². The predicted octanol–water partition coefficient (Wildman–Crippen LogP) is -0.187. The van der Waals surface area contributed by atoms with E-state index in [2.05, 4.69) is 14.7 Å². The molecule has 1 atom stereocenters. The number of hydrogen-bond acceptors (Lipinski definition) is 5. The lowest BCUT2D eigenvalue weighted by atomic mass is 10.4. The maximum Gasteiger partial charge on any atom is 0.342 e. The Morgan fingerprint density at radius 1 is 1.54 bits per heavy atom. The third-order valence-corrected chi connectivity index (χ3v) is 1.41. The summed E-state index contributed by atoms with van der Waals surface area (Å²) in [5.41, 5.74) is 0.146. The Kier molecular flexibility index (Phi) is 3.47. The van der Waals surface area contributed by atoms with Gasteiger partial charge in [0.15, 0.2) is 17.0 Å². The minimum atomic E-state index is -2.14. The molecule has 1 unspecified atom stereocenters. The first-order valence-corrected chi connectivity index (χ1v) is 4.47. The zero-order valence-corrected chi connectivity index (χ0v) is 7.23. The quantitative estimate of drug-likeness (QED) is 0.540. The minimum absolute atomic E-state index is 0.146. The van der Waals surface area contributed by atoms with Gasteiger partial charge in [0, 0.05) is 12.4 Å². The molecule has 0 aromatic carbocycles. The van der Waals surface area contributed by atoms with Gasteiger partial charge in [0.25, 0.3) is 0 Å². The molecule has 0 saturated carbocycles. The molecule has 0 saturated heterocycles. The largest absolute Gasteiger partial charge is 0.446 e. The number of ether oxygens (including phenoxy) is 1. The Morgan fingerprint density at radius 3 is 2.69 bits per heavy atom. The average molecular weight is 202 g/mol. The van der Waals surface area contributed by atoms with Gasteiger partial charge in [0.1, 0.15) is 6.33 Å². The molecule has 0 amide bonds. The van der Waals surface area contributed by atoms with Crippen LogP contribution in [0.4, 0.5) is 0 Å². The predicted molar refractivity (Wildman–Crippen MR) is 43.1 cm³/mol. The van der Waals surface area contributed by atoms with Crippen LogP contribution in [0.25, 0.3) is 0 Å². The summed E-state index contributed by atoms with van der Waals surface area (Å²) in [5.74, 6) is -1.27. The summed E-state index contributed by atoms with van der Waals surface area (Å²) in [7, 11) is 0. The van der Waals surface area contributed by atoms with Crippen molar-refractivity contribution in [1.82, 2.24) is 9.97 Å². The van der Waals surface area contributed by atoms with E-state index in [1.165, 1.54) is 18.7 Å². The summed E-state index contributed by atoms with van der Waals surface area (Å²) in [6, 6.07) is 0. The molecule has 0 spiro atoms. The molecule has 0 fully saturated rings. The molecule has 13 heavy (non-hydrogen) atoms. The highest BCUT2D eigenvalue weighted by molar-refractivity contribution is 7.79. The van der Waals surface area contributed by atoms with E-state index in [1.54, 1.807) is 0 Å². The van der Waals surface area contributed by atoms with Crippen molar-refractivity contribution in [3.8, 4) is 0 Å². The number of carbonyl (C=O) groups excluding carboxylic acids is 1. The summed E-state index contributed by atoms with van der Waals surface area (Å²) in [4.78, 5) is 18.2. The number of carbonyl (C=O) groups is 1. The van der Waals surface area contributed by atoms with Gasteiger partial charge < -0.3 is 9.29 Å². The lowest BCUT2D eigenvalue weighted by Gasteiger charge is -1.99. The summed E-state index contributed by atoms with van der Waals surface area (Å²) >= 11 is -2.14. The number of nitrogens with zero attached hydrogens (tertiary/aromatic N) is 2. The van der Waals surface area contributed by atoms with E-state index in [4.69, 9.17) is 4.55 Å². The van der Waals surface area contributed by atoms with Gasteiger partial charge in [0.2, 0.25) is 0 Å². The molecular weight excluding hydrogens is 196 g/mol. The fraction of sp³-hybridized carbons (Fsp3) is 0.167. The minimum Gasteiger partial charge on any atom is -0.446 e. The third-order valence-electron chi connectivity index (χ3n) is 1.09. The van der Waals surface area contributed by atoms with Gasteiger partial charge >= 0.3 is 5.97 Å². The fourth-order valence-electron chi connectivity index (χ4n) is 0.592. The molecule has 0 aliphatic rings. The Labute approximate surface area is 76.3 Å². The van der Waals surface area contributed by atoms with Gasteiger partial charge in [-0.2, -0.15) is 0 Å². The first-order valence-electron chi connectivity index (χ1n) is 3.19. The van der Waals surface area contributed by atoms with Crippen LogP contribution in [0.2, 0.25) is 0 Å². The zero-order valence-electron chi connectivity index (χ0n) is 6.41. The standard InChI is InChI=1S/C6H6N2O4S/c9-6(12-4-13(10)11)5-1-7-3-8-2-5/h1-3H,4H2,(H,10,11). The summed E-state index contributed by atoms with van der Waals surface area (Å²) < 4.78 is 22.9. The molecule has 0 bridgehead atoms. The highest BCUT2D eigenvalue weighted by Gasteiger charge is 2.07. The average Bonchev–Trinajstić information content (AvgIpc) is 2.15. The van der Waals surface area contributed by atoms with E-state index >= 15 is 0 Å². The van der Waals surface area contributed by atoms with Crippen molar-refractivity contribution in [1.29, 1.82) is 0 Å². The van der Waals surface area contributed by atoms with E-state index in [-0.39, 0.29) is 5.56 Å². The molecule has 1 aromatic rings. The molecule has 1 aromatic heterocycles. The molecule has 7 heteroatoms. The Morgan fingerprint density at radius 2 is 2.15 bits per heavy atom. The monoisotopic (exact) mass is 202 g/mol. The summed E-state index contributed by atoms with van der Waals surface area (Å²) in [6.07, 6.45) is 3.78. The van der Waals surface area contributed by atoms with E-state index in [9.17, 15) is 9.00 Å². The van der Waals surface area contributed by atoms with Crippen molar-refractivity contribution in [2.24, 2.45) is 0 Å². The van der Waals surface area contributed by atoms with Crippen LogP contribution in [0.3, 0.4) is 0 Å². The van der Waals surface area contributed by atoms with Crippen LogP contribution in [0.15, 0.2) is 18.7 Å². The molecule has 1 rings (SSSR count). The fourth-order valence-corrected chi connectivity index (χ4v) is 0.800. The van der Waals surface area contributed by atoms with E-state index < -0.39 is 23.0 Å². The van der Waals surface area contributed by atoms with Gasteiger partial charge in [-0.25, -0.2) is 19.0 Å². The van der Waals surface area contributed by atoms with Crippen LogP contribution in [0.5, 0.6) is 0 Å². The van der Waals surface area contributed by atoms with Crippen molar-refractivity contribution in [3.63, 3.8) is 0 Å². The number of hydrogen-bond donors (Lipinski definition) is 1. The van der Waals surface area contributed by atoms with Crippen molar-refractivity contribution in [2.75, 3.05) is 5.94 Å².